The molecule has 3 heterocycles. The second-order valence-electron chi connectivity index (χ2n) is 9.55. The normalized spacial score (nSPS) is 21.3. The van der Waals surface area contributed by atoms with Crippen molar-refractivity contribution in [2.24, 2.45) is 11.7 Å². The summed E-state index contributed by atoms with van der Waals surface area (Å²) in [7, 11) is 0. The summed E-state index contributed by atoms with van der Waals surface area (Å²) in [4.78, 5) is 43.5. The van der Waals surface area contributed by atoms with Crippen LogP contribution in [0.15, 0.2) is 90.3 Å². The molecule has 2 aliphatic rings. The van der Waals surface area contributed by atoms with E-state index in [2.05, 4.69) is 5.32 Å². The molecule has 40 heavy (non-hydrogen) atoms. The molecule has 0 bridgehead atoms. The Balaban J connectivity index is 1.55. The Kier molecular flexibility index (Phi) is 6.91. The van der Waals surface area contributed by atoms with Crippen molar-refractivity contribution >= 4 is 46.3 Å². The first kappa shape index (κ1) is 25.9. The average molecular weight is 574 g/mol. The summed E-state index contributed by atoms with van der Waals surface area (Å²) in [6.45, 7) is 0.0660. The van der Waals surface area contributed by atoms with Crippen molar-refractivity contribution in [2.45, 2.75) is 18.0 Å². The van der Waals surface area contributed by atoms with Crippen LogP contribution in [0.4, 0.5) is 10.5 Å². The highest BCUT2D eigenvalue weighted by atomic mass is 35.5. The standard InChI is InChI=1S/C30H24ClN3O5S/c31-19-11-8-17(9-12-19)24-25(28(35)23-7-4-14-40-23)26(18-10-13-21-22(15-18)39-16-38-21)34(27(24)29(32)36)30(37)33-20-5-2-1-3-6-20/h1-15,24-27H,16H2,(H2,32,36)(H,33,37). The predicted molar refractivity (Wildman–Crippen MR) is 152 cm³/mol. The maximum atomic E-state index is 14.3. The molecular weight excluding hydrogens is 550 g/mol. The minimum atomic E-state index is -1.14. The Morgan fingerprint density at radius 2 is 1.62 bits per heavy atom. The second-order valence-corrected chi connectivity index (χ2v) is 10.9. The molecule has 3 amide bonds. The van der Waals surface area contributed by atoms with E-state index in [1.807, 2.05) is 11.4 Å². The van der Waals surface area contributed by atoms with E-state index in [0.29, 0.717) is 38.2 Å². The summed E-state index contributed by atoms with van der Waals surface area (Å²) in [5.74, 6) is -1.47. The van der Waals surface area contributed by atoms with Crippen LogP contribution in [0.3, 0.4) is 0 Å². The van der Waals surface area contributed by atoms with Gasteiger partial charge in [0, 0.05) is 16.6 Å². The summed E-state index contributed by atoms with van der Waals surface area (Å²) in [5.41, 5.74) is 7.87. The predicted octanol–water partition coefficient (Wildman–Crippen LogP) is 5.86. The van der Waals surface area contributed by atoms with Gasteiger partial charge in [0.05, 0.1) is 16.8 Å². The number of carbonyl (C=O) groups is 3. The van der Waals surface area contributed by atoms with Gasteiger partial charge in [-0.1, -0.05) is 54.1 Å². The van der Waals surface area contributed by atoms with Crippen molar-refractivity contribution in [3.8, 4) is 11.5 Å². The van der Waals surface area contributed by atoms with Crippen LogP contribution in [-0.4, -0.2) is 35.5 Å². The van der Waals surface area contributed by atoms with Gasteiger partial charge in [-0.25, -0.2) is 4.79 Å². The van der Waals surface area contributed by atoms with Crippen molar-refractivity contribution in [1.82, 2.24) is 4.90 Å². The molecule has 6 rings (SSSR count). The van der Waals surface area contributed by atoms with Crippen LogP contribution in [0, 0.1) is 5.92 Å². The molecule has 10 heteroatoms. The molecule has 1 fully saturated rings. The Morgan fingerprint density at radius 1 is 0.900 bits per heavy atom. The topological polar surface area (TPSA) is 111 Å². The van der Waals surface area contributed by atoms with E-state index in [9.17, 15) is 14.4 Å². The summed E-state index contributed by atoms with van der Waals surface area (Å²) >= 11 is 7.49. The molecule has 202 valence electrons. The number of hydrogen-bond donors (Lipinski definition) is 2. The van der Waals surface area contributed by atoms with Crippen molar-refractivity contribution < 1.29 is 23.9 Å². The third kappa shape index (κ3) is 4.67. The van der Waals surface area contributed by atoms with Gasteiger partial charge in [-0.3, -0.25) is 9.59 Å². The fraction of sp³-hybridized carbons (Fsp3) is 0.167. The zero-order chi connectivity index (χ0) is 27.8. The Hall–Kier alpha value is -4.34. The number of hydrogen-bond acceptors (Lipinski definition) is 6. The number of halogens is 1. The maximum Gasteiger partial charge on any atom is 0.323 e. The molecule has 2 aliphatic heterocycles. The fourth-order valence-corrected chi connectivity index (χ4v) is 6.46. The van der Waals surface area contributed by atoms with Crippen LogP contribution in [-0.2, 0) is 4.79 Å². The number of nitrogens with two attached hydrogens (primary N) is 1. The Morgan fingerprint density at radius 3 is 2.33 bits per heavy atom. The molecule has 1 saturated heterocycles. The van der Waals surface area contributed by atoms with Crippen molar-refractivity contribution in [2.75, 3.05) is 12.1 Å². The number of primary amides is 1. The number of thiophene rings is 1. The fourth-order valence-electron chi connectivity index (χ4n) is 5.62. The number of Topliss-reactive ketones (excluding diaryl/α,β-unsaturated/α-hetero) is 1. The minimum absolute atomic E-state index is 0.0660. The Bertz CT molecular complexity index is 1560. The number of nitrogens with zero attached hydrogens (tertiary/aromatic N) is 1. The van der Waals surface area contributed by atoms with Gasteiger partial charge in [0.15, 0.2) is 17.3 Å². The SMILES string of the molecule is NC(=O)C1C(c2ccc(Cl)cc2)C(C(=O)c2cccs2)C(c2ccc3c(c2)OCO3)N1C(=O)Nc1ccccc1. The first-order valence-corrected chi connectivity index (χ1v) is 13.8. The number of urea groups is 1. The quantitative estimate of drug-likeness (QED) is 0.281. The molecule has 0 spiro atoms. The molecule has 4 aromatic rings. The van der Waals surface area contributed by atoms with Gasteiger partial charge in [0.2, 0.25) is 12.7 Å². The van der Waals surface area contributed by atoms with Crippen LogP contribution in [0.2, 0.25) is 5.02 Å². The number of fused-ring (bicyclic) bond motifs is 1. The van der Waals surface area contributed by atoms with Gasteiger partial charge in [-0.05, 0) is 59.0 Å². The van der Waals surface area contributed by atoms with E-state index in [1.165, 1.54) is 16.2 Å². The van der Waals surface area contributed by atoms with E-state index >= 15 is 0 Å². The van der Waals surface area contributed by atoms with E-state index in [-0.39, 0.29) is 12.6 Å². The van der Waals surface area contributed by atoms with E-state index < -0.39 is 35.9 Å². The number of likely N-dealkylation sites (tertiary alicyclic amines) is 1. The maximum absolute atomic E-state index is 14.3. The highest BCUT2D eigenvalue weighted by Crippen LogP contribution is 2.52. The highest BCUT2D eigenvalue weighted by Gasteiger charge is 2.57. The monoisotopic (exact) mass is 573 g/mol. The number of rotatable bonds is 6. The number of anilines is 1. The molecule has 1 aromatic heterocycles. The second kappa shape index (κ2) is 10.7. The molecule has 3 aromatic carbocycles. The van der Waals surface area contributed by atoms with Crippen LogP contribution in [0.25, 0.3) is 0 Å². The van der Waals surface area contributed by atoms with Crippen molar-refractivity contribution in [1.29, 1.82) is 0 Å². The molecule has 0 radical (unpaired) electrons. The van der Waals surface area contributed by atoms with Crippen LogP contribution in [0.1, 0.15) is 32.8 Å². The lowest BCUT2D eigenvalue weighted by Crippen LogP contribution is -2.48. The summed E-state index contributed by atoms with van der Waals surface area (Å²) in [5, 5.41) is 5.21. The zero-order valence-corrected chi connectivity index (χ0v) is 22.6. The lowest BCUT2D eigenvalue weighted by Gasteiger charge is -2.31. The van der Waals surface area contributed by atoms with Gasteiger partial charge in [-0.2, -0.15) is 0 Å². The molecule has 0 aliphatic carbocycles. The first-order chi connectivity index (χ1) is 19.4. The van der Waals surface area contributed by atoms with E-state index in [1.54, 1.807) is 78.9 Å². The molecular formula is C30H24ClN3O5S. The van der Waals surface area contributed by atoms with Gasteiger partial charge in [-0.15, -0.1) is 11.3 Å². The number of para-hydroxylation sites is 1. The third-order valence-corrected chi connectivity index (χ3v) is 8.41. The van der Waals surface area contributed by atoms with Gasteiger partial charge < -0.3 is 25.4 Å². The highest BCUT2D eigenvalue weighted by molar-refractivity contribution is 7.12. The van der Waals surface area contributed by atoms with Gasteiger partial charge in [0.25, 0.3) is 0 Å². The number of amides is 3. The van der Waals surface area contributed by atoms with Gasteiger partial charge >= 0.3 is 6.03 Å². The molecule has 4 atom stereocenters. The first-order valence-electron chi connectivity index (χ1n) is 12.6. The smallest absolute Gasteiger partial charge is 0.323 e. The number of benzene rings is 3. The van der Waals surface area contributed by atoms with E-state index in [0.717, 1.165) is 0 Å². The summed E-state index contributed by atoms with van der Waals surface area (Å²) < 4.78 is 11.1. The number of ketones is 1. The molecule has 4 unspecified atom stereocenters. The lowest BCUT2D eigenvalue weighted by atomic mass is 9.77. The van der Waals surface area contributed by atoms with Crippen LogP contribution in [0.5, 0.6) is 11.5 Å². The molecule has 8 nitrogen and oxygen atoms in total. The minimum Gasteiger partial charge on any atom is -0.454 e. The van der Waals surface area contributed by atoms with Gasteiger partial charge in [0.1, 0.15) is 6.04 Å². The van der Waals surface area contributed by atoms with Crippen molar-refractivity contribution in [3.63, 3.8) is 0 Å². The van der Waals surface area contributed by atoms with Crippen LogP contribution < -0.4 is 20.5 Å². The van der Waals surface area contributed by atoms with E-state index in [4.69, 9.17) is 26.8 Å². The van der Waals surface area contributed by atoms with Crippen LogP contribution >= 0.6 is 22.9 Å². The zero-order valence-electron chi connectivity index (χ0n) is 21.0. The summed E-state index contributed by atoms with van der Waals surface area (Å²) in [6.07, 6.45) is 0. The molecule has 3 N–H and O–H groups in total. The molecule has 0 saturated carbocycles. The lowest BCUT2D eigenvalue weighted by molar-refractivity contribution is -0.122. The number of carbonyl (C=O) groups excluding carboxylic acids is 3. The number of nitrogens with one attached hydrogen (secondary N) is 1. The number of ether oxygens (including phenoxy) is 2. The van der Waals surface area contributed by atoms with Crippen molar-refractivity contribution in [3.05, 3.63) is 111 Å². The Labute approximate surface area is 239 Å². The third-order valence-electron chi connectivity index (χ3n) is 7.28. The average Bonchev–Trinajstić information content (AvgIpc) is 3.72. The summed E-state index contributed by atoms with van der Waals surface area (Å²) in [6, 6.07) is 22.1. The largest absolute Gasteiger partial charge is 0.454 e.